The third kappa shape index (κ3) is 16.2. The van der Waals surface area contributed by atoms with Crippen molar-refractivity contribution in [3.63, 3.8) is 0 Å². The van der Waals surface area contributed by atoms with Crippen molar-refractivity contribution in [1.82, 2.24) is 0 Å². The average molecular weight is 170 g/mol. The van der Waals surface area contributed by atoms with Crippen LogP contribution in [0.5, 0.6) is 0 Å². The zero-order valence-electron chi connectivity index (χ0n) is 8.55. The van der Waals surface area contributed by atoms with Crippen LogP contribution in [0.1, 0.15) is 39.5 Å². The minimum Gasteiger partial charge on any atom is -0.301 e. The summed E-state index contributed by atoms with van der Waals surface area (Å²) in [6, 6.07) is 0. The van der Waals surface area contributed by atoms with Crippen molar-refractivity contribution < 1.29 is 0 Å². The Morgan fingerprint density at radius 1 is 0.750 bits per heavy atom. The van der Waals surface area contributed by atoms with Crippen molar-refractivity contribution in [2.45, 2.75) is 39.5 Å². The van der Waals surface area contributed by atoms with Gasteiger partial charge in [-0.1, -0.05) is 26.7 Å². The molecule has 0 rings (SSSR count). The fourth-order valence-corrected chi connectivity index (χ4v) is 0.801. The summed E-state index contributed by atoms with van der Waals surface area (Å²) in [5, 5.41) is 0. The van der Waals surface area contributed by atoms with Gasteiger partial charge in [0.15, 0.2) is 0 Å². The monoisotopic (exact) mass is 170 g/mol. The molecule has 0 aliphatic carbocycles. The molecule has 0 atom stereocenters. The predicted octanol–water partition coefficient (Wildman–Crippen LogP) is 2.97. The van der Waals surface area contributed by atoms with Crippen molar-refractivity contribution in [2.75, 3.05) is 13.1 Å². The summed E-state index contributed by atoms with van der Waals surface area (Å²) in [5.74, 6) is 0. The molecule has 0 saturated carbocycles. The topological polar surface area (TPSA) is 24.7 Å². The van der Waals surface area contributed by atoms with Crippen molar-refractivity contribution in [2.24, 2.45) is 9.98 Å². The molecule has 0 heterocycles. The average Bonchev–Trinajstić information content (AvgIpc) is 2.15. The fourth-order valence-electron chi connectivity index (χ4n) is 0.801. The number of hydrogen-bond acceptors (Lipinski definition) is 2. The highest BCUT2D eigenvalue weighted by Crippen LogP contribution is 1.99. The van der Waals surface area contributed by atoms with Crippen molar-refractivity contribution in [3.8, 4) is 0 Å². The summed E-state index contributed by atoms with van der Waals surface area (Å²) in [4.78, 5) is 7.54. The number of unbranched alkanes of at least 4 members (excludes halogenated alkanes) is 3. The highest BCUT2D eigenvalue weighted by Gasteiger charge is 1.86. The molecular weight excluding hydrogens is 148 g/mol. The molecule has 2 nitrogen and oxygen atoms in total. The number of aliphatic imine (C=N–C) groups is 2. The first-order chi connectivity index (χ1) is 5.91. The maximum atomic E-state index is 3.77. The van der Waals surface area contributed by atoms with E-state index in [-0.39, 0.29) is 0 Å². The van der Waals surface area contributed by atoms with Crippen LogP contribution in [0.3, 0.4) is 0 Å². The molecule has 0 spiro atoms. The number of hydrogen-bond donors (Lipinski definition) is 0. The molecule has 0 aliphatic rings. The zero-order chi connectivity index (χ0) is 9.66. The standard InChI is InChI=1S/C8H16N2.C2H6/c1-9-7-5-3-4-6-8-10-2;1-2/h1-8H2;1-2H3. The molecule has 12 heavy (non-hydrogen) atoms. The molecule has 0 aromatic heterocycles. The van der Waals surface area contributed by atoms with Gasteiger partial charge in [-0.05, 0) is 26.3 Å². The van der Waals surface area contributed by atoms with Crippen LogP contribution < -0.4 is 0 Å². The Bertz CT molecular complexity index is 77.8. The zero-order valence-corrected chi connectivity index (χ0v) is 8.55. The molecule has 0 radical (unpaired) electrons. The first-order valence-electron chi connectivity index (χ1n) is 4.76. The largest absolute Gasteiger partial charge is 0.301 e. The van der Waals surface area contributed by atoms with E-state index in [2.05, 4.69) is 23.4 Å². The molecule has 2 heteroatoms. The van der Waals surface area contributed by atoms with Crippen LogP contribution in [-0.4, -0.2) is 26.5 Å². The number of rotatable bonds is 7. The fraction of sp³-hybridized carbons (Fsp3) is 0.800. The van der Waals surface area contributed by atoms with E-state index in [9.17, 15) is 0 Å². The first kappa shape index (κ1) is 13.9. The molecule has 0 N–H and O–H groups in total. The molecule has 0 aromatic carbocycles. The lowest BCUT2D eigenvalue weighted by Crippen LogP contribution is -1.83. The second-order valence-electron chi connectivity index (χ2n) is 2.31. The lowest BCUT2D eigenvalue weighted by molar-refractivity contribution is 0.656. The summed E-state index contributed by atoms with van der Waals surface area (Å²) in [7, 11) is 0. The van der Waals surface area contributed by atoms with Crippen LogP contribution in [0.15, 0.2) is 9.98 Å². The Labute approximate surface area is 76.8 Å². The molecule has 72 valence electrons. The van der Waals surface area contributed by atoms with Crippen LogP contribution in [0.4, 0.5) is 0 Å². The highest BCUT2D eigenvalue weighted by atomic mass is 14.7. The molecule has 0 bridgehead atoms. The van der Waals surface area contributed by atoms with E-state index >= 15 is 0 Å². The predicted molar refractivity (Wildman–Crippen MR) is 58.6 cm³/mol. The van der Waals surface area contributed by atoms with Crippen LogP contribution >= 0.6 is 0 Å². The lowest BCUT2D eigenvalue weighted by Gasteiger charge is -1.94. The van der Waals surface area contributed by atoms with E-state index in [1.807, 2.05) is 13.8 Å². The summed E-state index contributed by atoms with van der Waals surface area (Å²) in [6.45, 7) is 12.6. The normalized spacial score (nSPS) is 8.17. The quantitative estimate of drug-likeness (QED) is 0.414. The summed E-state index contributed by atoms with van der Waals surface area (Å²) in [6.07, 6.45) is 4.82. The number of nitrogens with zero attached hydrogens (tertiary/aromatic N) is 2. The van der Waals surface area contributed by atoms with Gasteiger partial charge in [-0.25, -0.2) is 0 Å². The van der Waals surface area contributed by atoms with Crippen LogP contribution in [0, 0.1) is 0 Å². The van der Waals surface area contributed by atoms with Crippen molar-refractivity contribution in [3.05, 3.63) is 0 Å². The molecular formula is C10H22N2. The van der Waals surface area contributed by atoms with E-state index in [1.165, 1.54) is 25.7 Å². The molecule has 0 aromatic rings. The van der Waals surface area contributed by atoms with Gasteiger partial charge >= 0.3 is 0 Å². The lowest BCUT2D eigenvalue weighted by atomic mass is 10.2. The summed E-state index contributed by atoms with van der Waals surface area (Å²) >= 11 is 0. The smallest absolute Gasteiger partial charge is 0.0382 e. The molecule has 0 saturated heterocycles. The Kier molecular flexibility index (Phi) is 19.4. The molecule has 0 fully saturated rings. The Morgan fingerprint density at radius 2 is 1.08 bits per heavy atom. The van der Waals surface area contributed by atoms with Gasteiger partial charge in [-0.15, -0.1) is 0 Å². The van der Waals surface area contributed by atoms with Crippen LogP contribution in [-0.2, 0) is 0 Å². The van der Waals surface area contributed by atoms with Crippen LogP contribution in [0.25, 0.3) is 0 Å². The summed E-state index contributed by atoms with van der Waals surface area (Å²) < 4.78 is 0. The molecule has 0 aliphatic heterocycles. The van der Waals surface area contributed by atoms with Gasteiger partial charge in [0, 0.05) is 13.1 Å². The molecule has 0 unspecified atom stereocenters. The third-order valence-corrected chi connectivity index (χ3v) is 1.38. The SMILES string of the molecule is C=NCCCCCCN=C.CC. The second-order valence-corrected chi connectivity index (χ2v) is 2.31. The van der Waals surface area contributed by atoms with Gasteiger partial charge < -0.3 is 9.98 Å². The minimum atomic E-state index is 0.904. The van der Waals surface area contributed by atoms with Gasteiger partial charge in [0.05, 0.1) is 0 Å². The second kappa shape index (κ2) is 16.7. The van der Waals surface area contributed by atoms with E-state index < -0.39 is 0 Å². The van der Waals surface area contributed by atoms with E-state index in [0.717, 1.165) is 13.1 Å². The van der Waals surface area contributed by atoms with E-state index in [1.54, 1.807) is 0 Å². The highest BCUT2D eigenvalue weighted by molar-refractivity contribution is 5.23. The van der Waals surface area contributed by atoms with Gasteiger partial charge in [0.2, 0.25) is 0 Å². The van der Waals surface area contributed by atoms with Crippen molar-refractivity contribution in [1.29, 1.82) is 0 Å². The first-order valence-corrected chi connectivity index (χ1v) is 4.76. The van der Waals surface area contributed by atoms with Gasteiger partial charge in [0.1, 0.15) is 0 Å². The third-order valence-electron chi connectivity index (χ3n) is 1.38. The van der Waals surface area contributed by atoms with Gasteiger partial charge in [-0.2, -0.15) is 0 Å². The van der Waals surface area contributed by atoms with Gasteiger partial charge in [-0.3, -0.25) is 0 Å². The maximum absolute atomic E-state index is 3.77. The van der Waals surface area contributed by atoms with Crippen LogP contribution in [0.2, 0.25) is 0 Å². The Hall–Kier alpha value is -0.660. The summed E-state index contributed by atoms with van der Waals surface area (Å²) in [5.41, 5.74) is 0. The van der Waals surface area contributed by atoms with E-state index in [4.69, 9.17) is 0 Å². The molecule has 0 amide bonds. The van der Waals surface area contributed by atoms with Crippen molar-refractivity contribution >= 4 is 13.4 Å². The minimum absolute atomic E-state index is 0.904. The Balaban J connectivity index is 0. The maximum Gasteiger partial charge on any atom is 0.0382 e. The van der Waals surface area contributed by atoms with E-state index in [0.29, 0.717) is 0 Å². The van der Waals surface area contributed by atoms with Gasteiger partial charge in [0.25, 0.3) is 0 Å². The Morgan fingerprint density at radius 3 is 1.33 bits per heavy atom.